The second-order valence-electron chi connectivity index (χ2n) is 6.43. The Balaban J connectivity index is 1.75. The second-order valence-corrected chi connectivity index (χ2v) is 6.43. The highest BCUT2D eigenvalue weighted by molar-refractivity contribution is 5.76. The highest BCUT2D eigenvalue weighted by Crippen LogP contribution is 2.22. The summed E-state index contributed by atoms with van der Waals surface area (Å²) in [6.07, 6.45) is 3.77. The zero-order valence-corrected chi connectivity index (χ0v) is 14.2. The number of aromatic amines is 1. The smallest absolute Gasteiger partial charge is 0.263 e. The van der Waals surface area contributed by atoms with Crippen molar-refractivity contribution in [2.75, 3.05) is 31.7 Å². The third-order valence-electron chi connectivity index (χ3n) is 4.65. The topological polar surface area (TPSA) is 76.0 Å². The van der Waals surface area contributed by atoms with Crippen LogP contribution in [0, 0.1) is 5.92 Å². The molecule has 25 heavy (non-hydrogen) atoms. The van der Waals surface area contributed by atoms with Crippen molar-refractivity contribution in [2.24, 2.45) is 5.92 Å². The molecule has 7 heteroatoms. The summed E-state index contributed by atoms with van der Waals surface area (Å²) >= 11 is 0. The molecule has 0 bridgehead atoms. The van der Waals surface area contributed by atoms with Gasteiger partial charge in [-0.1, -0.05) is 18.2 Å². The van der Waals surface area contributed by atoms with Gasteiger partial charge in [0.25, 0.3) is 5.56 Å². The lowest BCUT2D eigenvalue weighted by atomic mass is 9.99. The molecule has 1 unspecified atom stereocenters. The molecule has 1 fully saturated rings. The second kappa shape index (κ2) is 6.68. The highest BCUT2D eigenvalue weighted by Gasteiger charge is 2.22. The van der Waals surface area contributed by atoms with Crippen LogP contribution in [0.5, 0.6) is 0 Å². The third kappa shape index (κ3) is 3.02. The molecule has 1 aliphatic rings. The number of anilines is 1. The zero-order valence-electron chi connectivity index (χ0n) is 14.2. The number of rotatable bonds is 4. The van der Waals surface area contributed by atoms with Gasteiger partial charge in [0, 0.05) is 20.2 Å². The predicted molar refractivity (Wildman–Crippen MR) is 96.3 cm³/mol. The minimum Gasteiger partial charge on any atom is -0.384 e. The van der Waals surface area contributed by atoms with Crippen LogP contribution in [-0.2, 0) is 4.74 Å². The number of piperidine rings is 1. The molecule has 2 aromatic heterocycles. The molecule has 1 aliphatic heterocycles. The van der Waals surface area contributed by atoms with Gasteiger partial charge >= 0.3 is 0 Å². The van der Waals surface area contributed by atoms with Gasteiger partial charge in [-0.2, -0.15) is 10.1 Å². The summed E-state index contributed by atoms with van der Waals surface area (Å²) in [5.41, 5.74) is 1.31. The Bertz CT molecular complexity index is 916. The summed E-state index contributed by atoms with van der Waals surface area (Å²) in [6, 6.07) is 9.73. The number of para-hydroxylation sites is 1. The van der Waals surface area contributed by atoms with Gasteiger partial charge < -0.3 is 9.64 Å². The Kier molecular flexibility index (Phi) is 4.23. The van der Waals surface area contributed by atoms with Crippen LogP contribution in [0.1, 0.15) is 12.8 Å². The molecule has 0 radical (unpaired) electrons. The van der Waals surface area contributed by atoms with Crippen LogP contribution in [0.25, 0.3) is 16.7 Å². The molecule has 1 atom stereocenters. The van der Waals surface area contributed by atoms with E-state index in [9.17, 15) is 4.79 Å². The number of nitrogens with one attached hydrogen (secondary N) is 1. The first-order chi connectivity index (χ1) is 12.3. The first kappa shape index (κ1) is 15.8. The fourth-order valence-electron chi connectivity index (χ4n) is 3.44. The molecule has 0 spiro atoms. The molecule has 3 aromatic rings. The lowest BCUT2D eigenvalue weighted by Gasteiger charge is -2.32. The first-order valence-electron chi connectivity index (χ1n) is 8.53. The van der Waals surface area contributed by atoms with Crippen molar-refractivity contribution >= 4 is 17.0 Å². The highest BCUT2D eigenvalue weighted by atomic mass is 16.5. The molecule has 4 rings (SSSR count). The molecule has 0 aliphatic carbocycles. The molecule has 3 heterocycles. The van der Waals surface area contributed by atoms with Crippen LogP contribution < -0.4 is 10.5 Å². The average molecular weight is 339 g/mol. The van der Waals surface area contributed by atoms with E-state index in [0.29, 0.717) is 22.9 Å². The van der Waals surface area contributed by atoms with E-state index in [1.165, 1.54) is 0 Å². The Morgan fingerprint density at radius 3 is 2.96 bits per heavy atom. The van der Waals surface area contributed by atoms with Gasteiger partial charge in [0.05, 0.1) is 18.5 Å². The van der Waals surface area contributed by atoms with Gasteiger partial charge in [0.15, 0.2) is 5.65 Å². The number of hydrogen-bond acceptors (Lipinski definition) is 5. The summed E-state index contributed by atoms with van der Waals surface area (Å²) in [5.74, 6) is 1.06. The van der Waals surface area contributed by atoms with Gasteiger partial charge in [-0.15, -0.1) is 0 Å². The molecule has 1 N–H and O–H groups in total. The van der Waals surface area contributed by atoms with E-state index in [1.54, 1.807) is 18.0 Å². The van der Waals surface area contributed by atoms with E-state index in [2.05, 4.69) is 15.0 Å². The minimum atomic E-state index is -0.156. The van der Waals surface area contributed by atoms with Crippen molar-refractivity contribution in [1.29, 1.82) is 0 Å². The van der Waals surface area contributed by atoms with E-state index >= 15 is 0 Å². The Morgan fingerprint density at radius 1 is 1.32 bits per heavy atom. The normalized spacial score (nSPS) is 18.0. The Morgan fingerprint density at radius 2 is 2.16 bits per heavy atom. The average Bonchev–Trinajstić information content (AvgIpc) is 3.07. The van der Waals surface area contributed by atoms with Crippen LogP contribution in [0.15, 0.2) is 41.3 Å². The van der Waals surface area contributed by atoms with Gasteiger partial charge in [0.2, 0.25) is 5.95 Å². The van der Waals surface area contributed by atoms with Crippen molar-refractivity contribution in [1.82, 2.24) is 19.7 Å². The summed E-state index contributed by atoms with van der Waals surface area (Å²) in [4.78, 5) is 22.3. The molecule has 130 valence electrons. The number of methoxy groups -OCH3 is 1. The van der Waals surface area contributed by atoms with Crippen LogP contribution in [0.2, 0.25) is 0 Å². The summed E-state index contributed by atoms with van der Waals surface area (Å²) in [5, 5.41) is 4.85. The van der Waals surface area contributed by atoms with E-state index < -0.39 is 0 Å². The molecule has 0 saturated carbocycles. The van der Waals surface area contributed by atoms with Crippen LogP contribution in [0.3, 0.4) is 0 Å². The van der Waals surface area contributed by atoms with E-state index in [1.807, 2.05) is 30.3 Å². The SMILES string of the molecule is COCC1CCCN(c2nc3c(cnn3-c3ccccc3)c(=O)[nH]2)C1. The van der Waals surface area contributed by atoms with E-state index in [0.717, 1.165) is 38.2 Å². The summed E-state index contributed by atoms with van der Waals surface area (Å²) in [7, 11) is 1.73. The summed E-state index contributed by atoms with van der Waals surface area (Å²) in [6.45, 7) is 2.45. The van der Waals surface area contributed by atoms with E-state index in [-0.39, 0.29) is 5.56 Å². The maximum absolute atomic E-state index is 12.5. The Hall–Kier alpha value is -2.67. The van der Waals surface area contributed by atoms with Crippen molar-refractivity contribution in [3.05, 3.63) is 46.9 Å². The fraction of sp³-hybridized carbons (Fsp3) is 0.389. The Labute approximate surface area is 145 Å². The first-order valence-corrected chi connectivity index (χ1v) is 8.53. The van der Waals surface area contributed by atoms with Gasteiger partial charge in [-0.05, 0) is 30.9 Å². The summed E-state index contributed by atoms with van der Waals surface area (Å²) < 4.78 is 7.00. The van der Waals surface area contributed by atoms with Crippen LogP contribution in [0.4, 0.5) is 5.95 Å². The maximum Gasteiger partial charge on any atom is 0.263 e. The fourth-order valence-corrected chi connectivity index (χ4v) is 3.44. The third-order valence-corrected chi connectivity index (χ3v) is 4.65. The van der Waals surface area contributed by atoms with Crippen molar-refractivity contribution in [3.8, 4) is 5.69 Å². The number of aromatic nitrogens is 4. The monoisotopic (exact) mass is 339 g/mol. The number of fused-ring (bicyclic) bond motifs is 1. The molecule has 1 aromatic carbocycles. The number of ether oxygens (including phenoxy) is 1. The number of H-pyrrole nitrogens is 1. The lowest BCUT2D eigenvalue weighted by molar-refractivity contribution is 0.143. The van der Waals surface area contributed by atoms with E-state index in [4.69, 9.17) is 9.72 Å². The number of nitrogens with zero attached hydrogens (tertiary/aromatic N) is 4. The van der Waals surface area contributed by atoms with Crippen molar-refractivity contribution in [2.45, 2.75) is 12.8 Å². The molecule has 0 amide bonds. The lowest BCUT2D eigenvalue weighted by Crippen LogP contribution is -2.39. The zero-order chi connectivity index (χ0) is 17.2. The van der Waals surface area contributed by atoms with Gasteiger partial charge in [-0.25, -0.2) is 4.68 Å². The van der Waals surface area contributed by atoms with Gasteiger partial charge in [0.1, 0.15) is 5.39 Å². The largest absolute Gasteiger partial charge is 0.384 e. The molecule has 1 saturated heterocycles. The van der Waals surface area contributed by atoms with Gasteiger partial charge in [-0.3, -0.25) is 9.78 Å². The van der Waals surface area contributed by atoms with Crippen molar-refractivity contribution < 1.29 is 4.74 Å². The maximum atomic E-state index is 12.5. The number of hydrogen-bond donors (Lipinski definition) is 1. The number of benzene rings is 1. The predicted octanol–water partition coefficient (Wildman–Crippen LogP) is 1.97. The molecule has 7 nitrogen and oxygen atoms in total. The van der Waals surface area contributed by atoms with Crippen LogP contribution in [-0.4, -0.2) is 46.6 Å². The quantitative estimate of drug-likeness (QED) is 0.786. The standard InChI is InChI=1S/C18H21N5O2/c1-25-12-13-6-5-9-22(11-13)18-20-16-15(17(24)21-18)10-19-23(16)14-7-3-2-4-8-14/h2-4,7-8,10,13H,5-6,9,11-12H2,1H3,(H,20,21,24). The van der Waals surface area contributed by atoms with Crippen LogP contribution >= 0.6 is 0 Å². The molecular weight excluding hydrogens is 318 g/mol. The van der Waals surface area contributed by atoms with Crippen molar-refractivity contribution in [3.63, 3.8) is 0 Å². The minimum absolute atomic E-state index is 0.156. The molecular formula is C18H21N5O2.